The molecule has 0 saturated carbocycles. The first-order valence-corrected chi connectivity index (χ1v) is 7.20. The van der Waals surface area contributed by atoms with Crippen LogP contribution in [0.2, 0.25) is 0 Å². The van der Waals surface area contributed by atoms with Crippen LogP contribution in [0.1, 0.15) is 45.7 Å². The van der Waals surface area contributed by atoms with E-state index >= 15 is 0 Å². The van der Waals surface area contributed by atoms with Crippen LogP contribution in [0.5, 0.6) is 5.75 Å². The highest BCUT2D eigenvalue weighted by Gasteiger charge is 2.28. The third-order valence-corrected chi connectivity index (χ3v) is 3.84. The van der Waals surface area contributed by atoms with Crippen LogP contribution in [0.15, 0.2) is 24.3 Å². The van der Waals surface area contributed by atoms with E-state index in [-0.39, 0.29) is 12.1 Å². The number of benzene rings is 1. The molecule has 0 amide bonds. The number of nitrogens with two attached hydrogens (primary N) is 1. The van der Waals surface area contributed by atoms with Crippen LogP contribution >= 0.6 is 0 Å². The van der Waals surface area contributed by atoms with Gasteiger partial charge in [-0.15, -0.1) is 0 Å². The maximum absolute atomic E-state index is 6.26. The first kappa shape index (κ1) is 16.0. The Hall–Kier alpha value is -1.06. The van der Waals surface area contributed by atoms with Crippen molar-refractivity contribution in [3.8, 4) is 5.75 Å². The van der Waals surface area contributed by atoms with Gasteiger partial charge in [0.15, 0.2) is 0 Å². The van der Waals surface area contributed by atoms with Gasteiger partial charge in [-0.1, -0.05) is 32.0 Å². The van der Waals surface area contributed by atoms with Crippen molar-refractivity contribution in [1.82, 2.24) is 4.90 Å². The topological polar surface area (TPSA) is 38.5 Å². The summed E-state index contributed by atoms with van der Waals surface area (Å²) in [5.74, 6) is 0.923. The predicted octanol–water partition coefficient (Wildman–Crippen LogP) is 3.20. The van der Waals surface area contributed by atoms with Gasteiger partial charge in [0, 0.05) is 17.6 Å². The highest BCUT2D eigenvalue weighted by molar-refractivity contribution is 5.36. The van der Waals surface area contributed by atoms with Gasteiger partial charge in [-0.25, -0.2) is 0 Å². The van der Waals surface area contributed by atoms with Crippen molar-refractivity contribution in [2.24, 2.45) is 5.73 Å². The highest BCUT2D eigenvalue weighted by atomic mass is 16.5. The van der Waals surface area contributed by atoms with Crippen LogP contribution in [0.25, 0.3) is 0 Å². The second-order valence-corrected chi connectivity index (χ2v) is 5.13. The monoisotopic (exact) mass is 264 g/mol. The number of nitrogens with zero attached hydrogens (tertiary/aromatic N) is 1. The summed E-state index contributed by atoms with van der Waals surface area (Å²) in [6, 6.07) is 8.94. The van der Waals surface area contributed by atoms with Gasteiger partial charge in [-0.3, -0.25) is 4.90 Å². The van der Waals surface area contributed by atoms with Crippen molar-refractivity contribution in [2.45, 2.75) is 52.2 Å². The molecule has 0 fully saturated rings. The highest BCUT2D eigenvalue weighted by Crippen LogP contribution is 2.32. The maximum atomic E-state index is 6.26. The molecule has 3 atom stereocenters. The Morgan fingerprint density at radius 1 is 1.21 bits per heavy atom. The summed E-state index contributed by atoms with van der Waals surface area (Å²) in [5.41, 5.74) is 7.45. The van der Waals surface area contributed by atoms with Crippen molar-refractivity contribution in [3.63, 3.8) is 0 Å². The molecule has 0 aromatic heterocycles. The molecule has 3 heteroatoms. The summed E-state index contributed by atoms with van der Waals surface area (Å²) in [6.45, 7) is 9.72. The third kappa shape index (κ3) is 3.71. The molecule has 0 spiro atoms. The van der Waals surface area contributed by atoms with Crippen LogP contribution in [0.4, 0.5) is 0 Å². The third-order valence-electron chi connectivity index (χ3n) is 3.84. The number of rotatable bonds is 7. The molecule has 3 unspecified atom stereocenters. The lowest BCUT2D eigenvalue weighted by molar-refractivity contribution is 0.129. The lowest BCUT2D eigenvalue weighted by Crippen LogP contribution is -2.44. The molecule has 0 heterocycles. The smallest absolute Gasteiger partial charge is 0.123 e. The number of hydrogen-bond acceptors (Lipinski definition) is 3. The van der Waals surface area contributed by atoms with Gasteiger partial charge in [-0.2, -0.15) is 0 Å². The molecule has 0 bridgehead atoms. The molecule has 19 heavy (non-hydrogen) atoms. The van der Waals surface area contributed by atoms with E-state index < -0.39 is 0 Å². The summed E-state index contributed by atoms with van der Waals surface area (Å²) in [4.78, 5) is 2.46. The molecule has 0 radical (unpaired) electrons. The zero-order valence-electron chi connectivity index (χ0n) is 12.9. The summed E-state index contributed by atoms with van der Waals surface area (Å²) in [6.07, 6.45) is 1.12. The molecule has 1 aromatic carbocycles. The minimum atomic E-state index is 0.0604. The first-order chi connectivity index (χ1) is 9.06. The average molecular weight is 264 g/mol. The van der Waals surface area contributed by atoms with E-state index in [1.807, 2.05) is 12.1 Å². The molecule has 3 nitrogen and oxygen atoms in total. The fraction of sp³-hybridized carbons (Fsp3) is 0.625. The maximum Gasteiger partial charge on any atom is 0.123 e. The van der Waals surface area contributed by atoms with Gasteiger partial charge in [0.1, 0.15) is 5.75 Å². The second kappa shape index (κ2) is 7.51. The van der Waals surface area contributed by atoms with Crippen molar-refractivity contribution >= 4 is 0 Å². The molecule has 0 saturated heterocycles. The number of methoxy groups -OCH3 is 1. The van der Waals surface area contributed by atoms with Gasteiger partial charge in [0.25, 0.3) is 0 Å². The number of hydrogen-bond donors (Lipinski definition) is 1. The summed E-state index contributed by atoms with van der Waals surface area (Å²) < 4.78 is 5.50. The Morgan fingerprint density at radius 2 is 1.84 bits per heavy atom. The van der Waals surface area contributed by atoms with Gasteiger partial charge < -0.3 is 10.5 Å². The van der Waals surface area contributed by atoms with Crippen molar-refractivity contribution in [2.75, 3.05) is 13.7 Å². The van der Waals surface area contributed by atoms with Crippen LogP contribution in [-0.2, 0) is 0 Å². The quantitative estimate of drug-likeness (QED) is 0.822. The molecule has 0 aliphatic rings. The molecule has 1 aromatic rings. The number of likely N-dealkylation sites (N-methyl/N-ethyl adjacent to an activating group) is 1. The first-order valence-electron chi connectivity index (χ1n) is 7.20. The van der Waals surface area contributed by atoms with E-state index in [2.05, 4.69) is 44.7 Å². The zero-order valence-corrected chi connectivity index (χ0v) is 12.9. The summed E-state index contributed by atoms with van der Waals surface area (Å²) >= 11 is 0. The minimum absolute atomic E-state index is 0.0604. The van der Waals surface area contributed by atoms with E-state index in [4.69, 9.17) is 10.5 Å². The number of para-hydroxylation sites is 1. The van der Waals surface area contributed by atoms with Gasteiger partial charge in [-0.05, 0) is 32.9 Å². The van der Waals surface area contributed by atoms with E-state index in [0.29, 0.717) is 6.04 Å². The minimum Gasteiger partial charge on any atom is -0.496 e. The van der Waals surface area contributed by atoms with Crippen molar-refractivity contribution in [1.29, 1.82) is 0 Å². The summed E-state index contributed by atoms with van der Waals surface area (Å²) in [5, 5.41) is 0. The number of ether oxygens (including phenoxy) is 1. The standard InChI is InChI=1S/C16H28N2O/c1-6-12(3)18(7-2)16(13(4)17)14-10-8-9-11-15(14)19-5/h8-13,16H,6-7,17H2,1-5H3. The van der Waals surface area contributed by atoms with Crippen LogP contribution < -0.4 is 10.5 Å². The molecule has 2 N–H and O–H groups in total. The Balaban J connectivity index is 3.19. The summed E-state index contributed by atoms with van der Waals surface area (Å²) in [7, 11) is 1.72. The van der Waals surface area contributed by atoms with Crippen molar-refractivity contribution < 1.29 is 4.74 Å². The normalized spacial score (nSPS) is 16.2. The molecule has 108 valence electrons. The Kier molecular flexibility index (Phi) is 6.32. The van der Waals surface area contributed by atoms with Crippen LogP contribution in [-0.4, -0.2) is 30.6 Å². The molecular formula is C16H28N2O. The van der Waals surface area contributed by atoms with E-state index in [1.165, 1.54) is 5.56 Å². The fourth-order valence-electron chi connectivity index (χ4n) is 2.69. The van der Waals surface area contributed by atoms with Gasteiger partial charge in [0.2, 0.25) is 0 Å². The zero-order chi connectivity index (χ0) is 14.4. The largest absolute Gasteiger partial charge is 0.496 e. The van der Waals surface area contributed by atoms with E-state index in [1.54, 1.807) is 7.11 Å². The lowest BCUT2D eigenvalue weighted by Gasteiger charge is -2.38. The Morgan fingerprint density at radius 3 is 2.32 bits per heavy atom. The van der Waals surface area contributed by atoms with Crippen LogP contribution in [0.3, 0.4) is 0 Å². The Labute approximate surface area is 117 Å². The van der Waals surface area contributed by atoms with Crippen molar-refractivity contribution in [3.05, 3.63) is 29.8 Å². The van der Waals surface area contributed by atoms with Gasteiger partial charge >= 0.3 is 0 Å². The van der Waals surface area contributed by atoms with E-state index in [9.17, 15) is 0 Å². The lowest BCUT2D eigenvalue weighted by atomic mass is 9.96. The molecule has 0 aliphatic carbocycles. The Bertz CT molecular complexity index is 379. The predicted molar refractivity (Wildman–Crippen MR) is 81.5 cm³/mol. The second-order valence-electron chi connectivity index (χ2n) is 5.13. The van der Waals surface area contributed by atoms with E-state index in [0.717, 1.165) is 18.7 Å². The van der Waals surface area contributed by atoms with Crippen LogP contribution in [0, 0.1) is 0 Å². The van der Waals surface area contributed by atoms with Gasteiger partial charge in [0.05, 0.1) is 13.2 Å². The fourth-order valence-corrected chi connectivity index (χ4v) is 2.69. The molecule has 1 rings (SSSR count). The molecular weight excluding hydrogens is 236 g/mol. The molecule has 0 aliphatic heterocycles. The SMILES string of the molecule is CCC(C)N(CC)C(c1ccccc1OC)C(C)N. The average Bonchev–Trinajstić information content (AvgIpc) is 2.43.